The maximum atomic E-state index is 11.6. The Labute approximate surface area is 169 Å². The number of fused-ring (bicyclic) bond motifs is 5. The molecule has 6 heteroatoms. The van der Waals surface area contributed by atoms with Crippen molar-refractivity contribution < 1.29 is 9.53 Å². The zero-order valence-corrected chi connectivity index (χ0v) is 16.9. The van der Waals surface area contributed by atoms with Crippen LogP contribution in [0.3, 0.4) is 0 Å². The summed E-state index contributed by atoms with van der Waals surface area (Å²) < 4.78 is 7.84. The molecule has 7 rings (SSSR count). The lowest BCUT2D eigenvalue weighted by molar-refractivity contribution is -0.0800. The third-order valence-corrected chi connectivity index (χ3v) is 8.56. The largest absolute Gasteiger partial charge is 0.488 e. The number of carbonyl (C=O) groups excluding carboxylic acids is 1. The molecule has 1 aromatic carbocycles. The Hall–Kier alpha value is -1.30. The van der Waals surface area contributed by atoms with Crippen LogP contribution < -0.4 is 10.5 Å². The Kier molecular flexibility index (Phi) is 4.01. The molecule has 1 amide bonds. The van der Waals surface area contributed by atoms with Gasteiger partial charge in [-0.1, -0.05) is 12.1 Å². The number of hydrogen-bond acceptors (Lipinski definition) is 4. The Balaban J connectivity index is 0.00000160. The van der Waals surface area contributed by atoms with Gasteiger partial charge in [0.25, 0.3) is 5.91 Å². The lowest BCUT2D eigenvalue weighted by atomic mass is 9.68. The van der Waals surface area contributed by atoms with Crippen molar-refractivity contribution in [3.8, 4) is 5.75 Å². The van der Waals surface area contributed by atoms with Crippen LogP contribution >= 0.6 is 23.7 Å². The van der Waals surface area contributed by atoms with Gasteiger partial charge in [-0.25, -0.2) is 0 Å². The highest BCUT2D eigenvalue weighted by Gasteiger charge is 2.62. The predicted octanol–water partition coefficient (Wildman–Crippen LogP) is 3.99. The van der Waals surface area contributed by atoms with Crippen molar-refractivity contribution in [1.82, 2.24) is 4.90 Å². The van der Waals surface area contributed by atoms with E-state index < -0.39 is 0 Å². The Morgan fingerprint density at radius 3 is 2.70 bits per heavy atom. The number of carbonyl (C=O) groups is 1. The molecular weight excluding hydrogens is 380 g/mol. The number of nitrogens with two attached hydrogens (primary N) is 1. The van der Waals surface area contributed by atoms with Gasteiger partial charge in [0.15, 0.2) is 0 Å². The van der Waals surface area contributed by atoms with E-state index in [-0.39, 0.29) is 18.3 Å². The normalized spacial score (nSPS) is 32.6. The number of ether oxygens (including phenoxy) is 1. The van der Waals surface area contributed by atoms with E-state index in [1.165, 1.54) is 55.7 Å². The van der Waals surface area contributed by atoms with Crippen LogP contribution in [0.25, 0.3) is 10.1 Å². The number of rotatable bonds is 2. The fraction of sp³-hybridized carbons (Fsp3) is 0.571. The van der Waals surface area contributed by atoms with E-state index in [1.54, 1.807) is 0 Å². The molecule has 5 heterocycles. The highest BCUT2D eigenvalue weighted by atomic mass is 35.5. The van der Waals surface area contributed by atoms with Crippen LogP contribution in [0.1, 0.15) is 47.3 Å². The second-order valence-corrected chi connectivity index (χ2v) is 9.65. The molecule has 1 aromatic heterocycles. The van der Waals surface area contributed by atoms with Crippen LogP contribution in [0.2, 0.25) is 0 Å². The van der Waals surface area contributed by atoms with Gasteiger partial charge in [-0.3, -0.25) is 9.69 Å². The molecular formula is C21H25ClN2O2S. The van der Waals surface area contributed by atoms with Gasteiger partial charge in [-0.2, -0.15) is 0 Å². The third-order valence-electron chi connectivity index (χ3n) is 7.39. The Morgan fingerprint density at radius 2 is 2.00 bits per heavy atom. The molecule has 4 nitrogen and oxygen atoms in total. The number of hydrogen-bond donors (Lipinski definition) is 1. The third kappa shape index (κ3) is 2.48. The molecule has 2 N–H and O–H groups in total. The summed E-state index contributed by atoms with van der Waals surface area (Å²) in [4.78, 5) is 15.0. The van der Waals surface area contributed by atoms with Crippen LogP contribution in [0, 0.1) is 11.8 Å². The van der Waals surface area contributed by atoms with Gasteiger partial charge in [0.05, 0.1) is 9.58 Å². The topological polar surface area (TPSA) is 55.6 Å². The second kappa shape index (κ2) is 6.10. The van der Waals surface area contributed by atoms with Crippen molar-refractivity contribution in [1.29, 1.82) is 0 Å². The van der Waals surface area contributed by atoms with E-state index in [9.17, 15) is 4.79 Å². The summed E-state index contributed by atoms with van der Waals surface area (Å²) in [5, 5.41) is 1.08. The van der Waals surface area contributed by atoms with Gasteiger partial charge in [0.1, 0.15) is 11.9 Å². The molecule has 27 heavy (non-hydrogen) atoms. The van der Waals surface area contributed by atoms with Gasteiger partial charge in [0, 0.05) is 11.5 Å². The van der Waals surface area contributed by atoms with Crippen LogP contribution in [0.15, 0.2) is 18.2 Å². The van der Waals surface area contributed by atoms with Gasteiger partial charge in [-0.15, -0.1) is 23.7 Å². The fourth-order valence-electron chi connectivity index (χ4n) is 6.11. The van der Waals surface area contributed by atoms with E-state index >= 15 is 0 Å². The van der Waals surface area contributed by atoms with Crippen molar-refractivity contribution in [2.45, 2.75) is 50.2 Å². The molecule has 0 radical (unpaired) electrons. The minimum Gasteiger partial charge on any atom is -0.488 e. The van der Waals surface area contributed by atoms with Crippen LogP contribution in [0.4, 0.5) is 0 Å². The van der Waals surface area contributed by atoms with Gasteiger partial charge in [-0.05, 0) is 74.5 Å². The minimum atomic E-state index is -0.346. The van der Waals surface area contributed by atoms with E-state index in [4.69, 9.17) is 10.5 Å². The van der Waals surface area contributed by atoms with Crippen molar-refractivity contribution in [2.24, 2.45) is 17.6 Å². The quantitative estimate of drug-likeness (QED) is 0.823. The first-order valence-electron chi connectivity index (χ1n) is 9.93. The van der Waals surface area contributed by atoms with Crippen molar-refractivity contribution in [2.75, 3.05) is 13.1 Å². The Bertz CT molecular complexity index is 914. The lowest BCUT2D eigenvalue weighted by Gasteiger charge is -2.54. The molecule has 2 bridgehead atoms. The van der Waals surface area contributed by atoms with E-state index in [0.29, 0.717) is 22.4 Å². The summed E-state index contributed by atoms with van der Waals surface area (Å²) in [6.07, 6.45) is 7.93. The van der Waals surface area contributed by atoms with Crippen molar-refractivity contribution >= 4 is 39.7 Å². The molecule has 2 atom stereocenters. The number of benzene rings is 1. The number of aryl methyl sites for hydroxylation is 1. The number of piperidine rings is 3. The summed E-state index contributed by atoms with van der Waals surface area (Å²) in [5.74, 6) is 2.20. The maximum Gasteiger partial charge on any atom is 0.258 e. The van der Waals surface area contributed by atoms with Crippen molar-refractivity contribution in [3.05, 3.63) is 28.6 Å². The number of primary amides is 1. The molecule has 4 aliphatic heterocycles. The highest BCUT2D eigenvalue weighted by Crippen LogP contribution is 2.60. The Morgan fingerprint density at radius 1 is 1.22 bits per heavy atom. The molecule has 2 aromatic rings. The average molecular weight is 405 g/mol. The number of halogens is 1. The molecule has 3 saturated heterocycles. The fourth-order valence-corrected chi connectivity index (χ4v) is 7.13. The average Bonchev–Trinajstić information content (AvgIpc) is 3.29. The zero-order chi connectivity index (χ0) is 17.5. The first-order chi connectivity index (χ1) is 12.7. The predicted molar refractivity (Wildman–Crippen MR) is 110 cm³/mol. The summed E-state index contributed by atoms with van der Waals surface area (Å²) >= 11 is 1.49. The smallest absolute Gasteiger partial charge is 0.258 e. The SMILES string of the molecule is Cl.NC(=O)c1cc2ccc3c(c2s1)OC(C1C2CCN(CC2)C12CC2)CC3. The second-order valence-electron chi connectivity index (χ2n) is 8.60. The lowest BCUT2D eigenvalue weighted by Crippen LogP contribution is -2.61. The monoisotopic (exact) mass is 404 g/mol. The van der Waals surface area contributed by atoms with E-state index in [1.807, 2.05) is 6.07 Å². The first-order valence-corrected chi connectivity index (χ1v) is 10.7. The van der Waals surface area contributed by atoms with Crippen molar-refractivity contribution in [3.63, 3.8) is 0 Å². The molecule has 5 aliphatic rings. The van der Waals surface area contributed by atoms with E-state index in [2.05, 4.69) is 17.0 Å². The van der Waals surface area contributed by atoms with E-state index in [0.717, 1.165) is 34.6 Å². The standard InChI is InChI=1S/C21H24N2O2S.ClH/c22-20(24)16-11-14-2-1-13-3-4-15(25-18(13)19(14)26-16)17-12-5-9-23(10-6-12)21(17)7-8-21;/h1-2,11-12,15,17H,3-10H2,(H2,22,24);1H. The first kappa shape index (κ1) is 17.8. The number of thiophene rings is 1. The summed E-state index contributed by atoms with van der Waals surface area (Å²) in [5.41, 5.74) is 7.25. The summed E-state index contributed by atoms with van der Waals surface area (Å²) in [6, 6.07) is 6.19. The van der Waals surface area contributed by atoms with Gasteiger partial charge in [0.2, 0.25) is 0 Å². The molecule has 2 unspecified atom stereocenters. The number of nitrogens with zero attached hydrogens (tertiary/aromatic N) is 1. The summed E-state index contributed by atoms with van der Waals surface area (Å²) in [6.45, 7) is 2.59. The van der Waals surface area contributed by atoms with Crippen LogP contribution in [-0.2, 0) is 6.42 Å². The van der Waals surface area contributed by atoms with Crippen LogP contribution in [-0.4, -0.2) is 35.5 Å². The zero-order valence-electron chi connectivity index (χ0n) is 15.3. The number of amides is 1. The molecule has 1 spiro atoms. The van der Waals surface area contributed by atoms with Crippen LogP contribution in [0.5, 0.6) is 5.75 Å². The van der Waals surface area contributed by atoms with Gasteiger partial charge < -0.3 is 10.5 Å². The van der Waals surface area contributed by atoms with Gasteiger partial charge >= 0.3 is 0 Å². The molecule has 1 saturated carbocycles. The minimum absolute atomic E-state index is 0. The molecule has 4 fully saturated rings. The molecule has 1 aliphatic carbocycles. The molecule has 144 valence electrons. The highest BCUT2D eigenvalue weighted by molar-refractivity contribution is 7.21. The summed E-state index contributed by atoms with van der Waals surface area (Å²) in [7, 11) is 0. The maximum absolute atomic E-state index is 11.6.